The summed E-state index contributed by atoms with van der Waals surface area (Å²) in [6.07, 6.45) is 0.817. The molecular formula is C34H45N5O6. The lowest BCUT2D eigenvalue weighted by atomic mass is 9.80. The first-order chi connectivity index (χ1) is 21.8. The molecule has 0 atom stereocenters. The van der Waals surface area contributed by atoms with Crippen molar-refractivity contribution in [2.24, 2.45) is 0 Å². The maximum Gasteiger partial charge on any atom is 0.336 e. The minimum Gasteiger partial charge on any atom is -0.495 e. The summed E-state index contributed by atoms with van der Waals surface area (Å²) < 4.78 is 16.2. The number of para-hydroxylation sites is 2. The number of piperazine rings is 1. The van der Waals surface area contributed by atoms with Crippen LogP contribution in [0.5, 0.6) is 5.75 Å². The summed E-state index contributed by atoms with van der Waals surface area (Å²) in [6.45, 7) is 12.5. The van der Waals surface area contributed by atoms with E-state index < -0.39 is 17.9 Å². The Morgan fingerprint density at radius 1 is 0.889 bits per heavy atom. The highest BCUT2D eigenvalue weighted by Gasteiger charge is 2.38. The first-order valence-corrected chi connectivity index (χ1v) is 15.5. The number of dihydropyridines is 1. The Labute approximate surface area is 265 Å². The lowest BCUT2D eigenvalue weighted by molar-refractivity contribution is -0.139. The third-order valence-corrected chi connectivity index (χ3v) is 7.96. The van der Waals surface area contributed by atoms with Crippen LogP contribution in [-0.4, -0.2) is 82.5 Å². The number of nitrogens with zero attached hydrogens (tertiary/aromatic N) is 2. The van der Waals surface area contributed by atoms with Crippen molar-refractivity contribution in [3.05, 3.63) is 76.6 Å². The molecule has 0 bridgehead atoms. The largest absolute Gasteiger partial charge is 0.495 e. The number of hydrogen-bond acceptors (Lipinski definition) is 9. The number of nitrogens with one attached hydrogen (secondary N) is 3. The van der Waals surface area contributed by atoms with E-state index in [0.717, 1.165) is 50.6 Å². The highest BCUT2D eigenvalue weighted by atomic mass is 16.5. The monoisotopic (exact) mass is 619 g/mol. The molecule has 2 amide bonds. The van der Waals surface area contributed by atoms with Gasteiger partial charge in [0.25, 0.3) is 0 Å². The summed E-state index contributed by atoms with van der Waals surface area (Å²) in [7, 11) is 1.70. The number of carbonyl (C=O) groups excluding carboxylic acids is 3. The Hall–Kier alpha value is -4.51. The number of hydrogen-bond donors (Lipinski definition) is 3. The van der Waals surface area contributed by atoms with Gasteiger partial charge in [-0.1, -0.05) is 24.3 Å². The molecule has 4 rings (SSSR count). The number of benzene rings is 2. The summed E-state index contributed by atoms with van der Waals surface area (Å²) in [5, 5.41) is 8.97. The number of rotatable bonds is 12. The number of anilines is 2. The molecule has 0 radical (unpaired) electrons. The molecule has 11 nitrogen and oxygen atoms in total. The van der Waals surface area contributed by atoms with Gasteiger partial charge in [0.2, 0.25) is 0 Å². The molecule has 0 unspecified atom stereocenters. The van der Waals surface area contributed by atoms with Gasteiger partial charge in [-0.3, -0.25) is 4.90 Å². The minimum absolute atomic E-state index is 0.195. The number of amides is 2. The van der Waals surface area contributed by atoms with E-state index >= 15 is 0 Å². The van der Waals surface area contributed by atoms with E-state index in [9.17, 15) is 14.4 Å². The van der Waals surface area contributed by atoms with Crippen molar-refractivity contribution < 1.29 is 28.6 Å². The molecule has 0 aliphatic carbocycles. The van der Waals surface area contributed by atoms with Gasteiger partial charge in [0.1, 0.15) is 5.75 Å². The van der Waals surface area contributed by atoms with Crippen LogP contribution >= 0.6 is 0 Å². The van der Waals surface area contributed by atoms with Gasteiger partial charge in [-0.2, -0.15) is 0 Å². The van der Waals surface area contributed by atoms with Crippen LogP contribution in [0.4, 0.5) is 16.2 Å². The Balaban J connectivity index is 1.34. The van der Waals surface area contributed by atoms with Crippen molar-refractivity contribution in [3.63, 3.8) is 0 Å². The van der Waals surface area contributed by atoms with E-state index in [1.807, 2.05) is 24.3 Å². The molecular weight excluding hydrogens is 574 g/mol. The van der Waals surface area contributed by atoms with Crippen molar-refractivity contribution in [3.8, 4) is 5.75 Å². The van der Waals surface area contributed by atoms with Crippen LogP contribution in [0.25, 0.3) is 0 Å². The smallest absolute Gasteiger partial charge is 0.336 e. The predicted molar refractivity (Wildman–Crippen MR) is 174 cm³/mol. The fourth-order valence-corrected chi connectivity index (χ4v) is 5.87. The van der Waals surface area contributed by atoms with Crippen LogP contribution in [-0.2, 0) is 19.1 Å². The van der Waals surface area contributed by atoms with E-state index in [2.05, 4.69) is 31.8 Å². The van der Waals surface area contributed by atoms with Crippen molar-refractivity contribution in [2.45, 2.75) is 40.0 Å². The standard InChI is InChI=1S/C34H45N5O6/c1-6-44-32(40)29-23(3)36-24(4)30(33(41)45-7-2)31(29)25-12-10-13-26(22-25)37-34(42)35-16-11-17-38-18-20-39(21-19-38)27-14-8-9-15-28(27)43-5/h8-10,12-15,22,31,36H,6-7,11,16-21H2,1-5H3,(H2,35,37,42). The molecule has 3 N–H and O–H groups in total. The topological polar surface area (TPSA) is 121 Å². The van der Waals surface area contributed by atoms with Gasteiger partial charge < -0.3 is 35.1 Å². The molecule has 2 aliphatic heterocycles. The van der Waals surface area contributed by atoms with Gasteiger partial charge in [0, 0.05) is 49.8 Å². The molecule has 2 aromatic rings. The zero-order chi connectivity index (χ0) is 32.3. The molecule has 0 aromatic heterocycles. The Morgan fingerprint density at radius 3 is 2.16 bits per heavy atom. The molecule has 2 aromatic carbocycles. The first kappa shape index (κ1) is 33.4. The zero-order valence-electron chi connectivity index (χ0n) is 26.9. The van der Waals surface area contributed by atoms with Crippen LogP contribution in [0, 0.1) is 0 Å². The van der Waals surface area contributed by atoms with Gasteiger partial charge in [0.05, 0.1) is 43.1 Å². The fourth-order valence-electron chi connectivity index (χ4n) is 5.87. The molecule has 0 spiro atoms. The number of urea groups is 1. The highest BCUT2D eigenvalue weighted by molar-refractivity contribution is 6.00. The summed E-state index contributed by atoms with van der Waals surface area (Å²) >= 11 is 0. The third-order valence-electron chi connectivity index (χ3n) is 7.96. The van der Waals surface area contributed by atoms with Crippen LogP contribution < -0.4 is 25.6 Å². The second-order valence-corrected chi connectivity index (χ2v) is 10.9. The second-order valence-electron chi connectivity index (χ2n) is 10.9. The van der Waals surface area contributed by atoms with Gasteiger partial charge >= 0.3 is 18.0 Å². The van der Waals surface area contributed by atoms with Gasteiger partial charge in [-0.15, -0.1) is 0 Å². The lowest BCUT2D eigenvalue weighted by Gasteiger charge is -2.36. The third kappa shape index (κ3) is 8.36. The number of allylic oxidation sites excluding steroid dienone is 2. The summed E-state index contributed by atoms with van der Waals surface area (Å²) in [4.78, 5) is 43.7. The zero-order valence-corrected chi connectivity index (χ0v) is 26.9. The van der Waals surface area contributed by atoms with E-state index in [1.54, 1.807) is 53.0 Å². The van der Waals surface area contributed by atoms with Crippen molar-refractivity contribution >= 4 is 29.3 Å². The average molecular weight is 620 g/mol. The molecule has 1 fully saturated rings. The molecule has 11 heteroatoms. The summed E-state index contributed by atoms with van der Waals surface area (Å²) in [5.74, 6) is -0.865. The van der Waals surface area contributed by atoms with E-state index in [4.69, 9.17) is 14.2 Å². The van der Waals surface area contributed by atoms with Gasteiger partial charge in [-0.05, 0) is 70.5 Å². The summed E-state index contributed by atoms with van der Waals surface area (Å²) in [6, 6.07) is 14.9. The Bertz CT molecular complexity index is 1390. The SMILES string of the molecule is CCOC(=O)C1=C(C)NC(C)=C(C(=O)OCC)C1c1cccc(NC(=O)NCCCN2CCN(c3ccccc3OC)CC2)c1. The first-order valence-electron chi connectivity index (χ1n) is 15.5. The van der Waals surface area contributed by atoms with Gasteiger partial charge in [0.15, 0.2) is 0 Å². The van der Waals surface area contributed by atoms with Crippen molar-refractivity contribution in [2.75, 3.05) is 69.8 Å². The Kier molecular flexibility index (Phi) is 11.9. The minimum atomic E-state index is -0.724. The van der Waals surface area contributed by atoms with E-state index in [0.29, 0.717) is 40.3 Å². The fraction of sp³-hybridized carbons (Fsp3) is 0.441. The normalized spacial score (nSPS) is 15.8. The second kappa shape index (κ2) is 16.0. The number of methoxy groups -OCH3 is 1. The molecule has 2 heterocycles. The van der Waals surface area contributed by atoms with E-state index in [1.165, 1.54) is 0 Å². The lowest BCUT2D eigenvalue weighted by Crippen LogP contribution is -2.47. The number of esters is 2. The highest BCUT2D eigenvalue weighted by Crippen LogP contribution is 2.40. The van der Waals surface area contributed by atoms with Crippen LogP contribution in [0.15, 0.2) is 71.1 Å². The maximum absolute atomic E-state index is 13.1. The quantitative estimate of drug-likeness (QED) is 0.235. The molecule has 0 saturated carbocycles. The predicted octanol–water partition coefficient (Wildman–Crippen LogP) is 4.39. The van der Waals surface area contributed by atoms with Crippen LogP contribution in [0.3, 0.4) is 0 Å². The molecule has 1 saturated heterocycles. The number of carbonyl (C=O) groups is 3. The van der Waals surface area contributed by atoms with Crippen LogP contribution in [0.2, 0.25) is 0 Å². The Morgan fingerprint density at radius 2 is 1.53 bits per heavy atom. The maximum atomic E-state index is 13.1. The molecule has 2 aliphatic rings. The molecule has 45 heavy (non-hydrogen) atoms. The summed E-state index contributed by atoms with van der Waals surface area (Å²) in [5.41, 5.74) is 4.17. The van der Waals surface area contributed by atoms with Crippen LogP contribution in [0.1, 0.15) is 45.6 Å². The average Bonchev–Trinajstić information content (AvgIpc) is 3.03. The van der Waals surface area contributed by atoms with Gasteiger partial charge in [-0.25, -0.2) is 14.4 Å². The van der Waals surface area contributed by atoms with Crippen molar-refractivity contribution in [1.29, 1.82) is 0 Å². The number of ether oxygens (including phenoxy) is 3. The van der Waals surface area contributed by atoms with Crippen molar-refractivity contribution in [1.82, 2.24) is 15.5 Å². The molecule has 242 valence electrons. The van der Waals surface area contributed by atoms with E-state index in [-0.39, 0.29) is 19.2 Å².